The number of fused-ring (bicyclic) bond motifs is 6. The van der Waals surface area contributed by atoms with Gasteiger partial charge in [-0.3, -0.25) is 9.36 Å². The van der Waals surface area contributed by atoms with E-state index in [0.29, 0.717) is 28.3 Å². The fourth-order valence-corrected chi connectivity index (χ4v) is 3.70. The van der Waals surface area contributed by atoms with E-state index < -0.39 is 0 Å². The first-order valence-corrected chi connectivity index (χ1v) is 7.91. The Bertz CT molecular complexity index is 1160. The molecule has 4 nitrogen and oxygen atoms in total. The molecule has 23 heavy (non-hydrogen) atoms. The third kappa shape index (κ3) is 1.67. The van der Waals surface area contributed by atoms with Crippen LogP contribution in [0.2, 0.25) is 5.02 Å². The number of para-hydroxylation sites is 2. The van der Waals surface area contributed by atoms with Crippen molar-refractivity contribution in [3.05, 3.63) is 63.4 Å². The van der Waals surface area contributed by atoms with E-state index in [2.05, 4.69) is 11.1 Å². The second kappa shape index (κ2) is 4.46. The number of halogens is 1. The van der Waals surface area contributed by atoms with Gasteiger partial charge in [-0.05, 0) is 30.2 Å². The van der Waals surface area contributed by atoms with Crippen LogP contribution in [-0.2, 0) is 13.0 Å². The summed E-state index contributed by atoms with van der Waals surface area (Å²) in [6.07, 6.45) is 0.819. The number of nitrogens with zero attached hydrogens (tertiary/aromatic N) is 2. The van der Waals surface area contributed by atoms with Crippen molar-refractivity contribution in [1.29, 1.82) is 0 Å². The molecule has 1 aliphatic rings. The van der Waals surface area contributed by atoms with E-state index in [1.54, 1.807) is 22.8 Å². The van der Waals surface area contributed by atoms with Crippen LogP contribution >= 0.6 is 11.6 Å². The molecule has 0 saturated carbocycles. The summed E-state index contributed by atoms with van der Waals surface area (Å²) in [6, 6.07) is 13.5. The van der Waals surface area contributed by atoms with Crippen LogP contribution in [-0.4, -0.2) is 14.5 Å². The lowest BCUT2D eigenvalue weighted by Crippen LogP contribution is -2.27. The molecular weight excluding hydrogens is 310 g/mol. The van der Waals surface area contributed by atoms with Crippen LogP contribution in [0.25, 0.3) is 33.3 Å². The molecule has 0 amide bonds. The minimum absolute atomic E-state index is 0.0307. The topological polar surface area (TPSA) is 50.7 Å². The van der Waals surface area contributed by atoms with E-state index in [0.717, 1.165) is 17.6 Å². The molecule has 0 saturated heterocycles. The summed E-state index contributed by atoms with van der Waals surface area (Å²) >= 11 is 6.26. The summed E-state index contributed by atoms with van der Waals surface area (Å²) in [7, 11) is 0. The second-order valence-corrected chi connectivity index (χ2v) is 6.21. The standard InChI is InChI=1S/C18H12ClN3O/c19-13-6-3-5-12-15(13)21-17-16-11(8-9-22(17)18(12)23)10-4-1-2-7-14(10)20-16/h1-7,20H,8-9H2. The predicted octanol–water partition coefficient (Wildman–Crippen LogP) is 3.75. The first kappa shape index (κ1) is 12.9. The first-order chi connectivity index (χ1) is 11.2. The molecule has 5 heteroatoms. The van der Waals surface area contributed by atoms with Crippen LogP contribution in [0.5, 0.6) is 0 Å². The molecule has 0 aliphatic carbocycles. The molecule has 2 aromatic carbocycles. The van der Waals surface area contributed by atoms with E-state index in [-0.39, 0.29) is 5.56 Å². The number of H-pyrrole nitrogens is 1. The zero-order valence-corrected chi connectivity index (χ0v) is 12.9. The number of aryl methyl sites for hydroxylation is 1. The van der Waals surface area contributed by atoms with E-state index in [1.165, 1.54) is 10.9 Å². The Morgan fingerprint density at radius 2 is 1.91 bits per heavy atom. The van der Waals surface area contributed by atoms with Gasteiger partial charge in [0.15, 0.2) is 5.82 Å². The van der Waals surface area contributed by atoms with Gasteiger partial charge in [0.05, 0.1) is 21.6 Å². The summed E-state index contributed by atoms with van der Waals surface area (Å²) in [4.78, 5) is 20.9. The Kier molecular flexibility index (Phi) is 2.50. The van der Waals surface area contributed by atoms with Crippen molar-refractivity contribution in [3.8, 4) is 11.5 Å². The van der Waals surface area contributed by atoms with Crippen molar-refractivity contribution in [2.75, 3.05) is 0 Å². The molecule has 1 aliphatic heterocycles. The average Bonchev–Trinajstić information content (AvgIpc) is 2.95. The molecule has 4 aromatic rings. The lowest BCUT2D eigenvalue weighted by molar-refractivity contribution is 0.653. The number of rotatable bonds is 0. The third-order valence-electron chi connectivity index (χ3n) is 4.56. The van der Waals surface area contributed by atoms with Crippen molar-refractivity contribution >= 4 is 33.4 Å². The number of nitrogens with one attached hydrogen (secondary N) is 1. The minimum Gasteiger partial charge on any atom is -0.352 e. The smallest absolute Gasteiger partial charge is 0.261 e. The fourth-order valence-electron chi connectivity index (χ4n) is 3.48. The molecular formula is C18H12ClN3O. The van der Waals surface area contributed by atoms with E-state index >= 15 is 0 Å². The average molecular weight is 322 g/mol. The second-order valence-electron chi connectivity index (χ2n) is 5.80. The molecule has 2 aromatic heterocycles. The van der Waals surface area contributed by atoms with E-state index in [1.807, 2.05) is 18.2 Å². The van der Waals surface area contributed by atoms with Crippen LogP contribution in [0.1, 0.15) is 5.56 Å². The van der Waals surface area contributed by atoms with Crippen LogP contribution in [0.15, 0.2) is 47.3 Å². The Morgan fingerprint density at radius 1 is 1.09 bits per heavy atom. The Balaban J connectivity index is 1.94. The van der Waals surface area contributed by atoms with Crippen LogP contribution in [0.3, 0.4) is 0 Å². The van der Waals surface area contributed by atoms with E-state index in [9.17, 15) is 4.79 Å². The van der Waals surface area contributed by atoms with Crippen LogP contribution < -0.4 is 5.56 Å². The van der Waals surface area contributed by atoms with Gasteiger partial charge in [0.25, 0.3) is 5.56 Å². The highest BCUT2D eigenvalue weighted by Gasteiger charge is 2.24. The minimum atomic E-state index is -0.0307. The Morgan fingerprint density at radius 3 is 2.83 bits per heavy atom. The van der Waals surface area contributed by atoms with Gasteiger partial charge < -0.3 is 4.98 Å². The van der Waals surface area contributed by atoms with Gasteiger partial charge in [-0.1, -0.05) is 35.9 Å². The van der Waals surface area contributed by atoms with Gasteiger partial charge >= 0.3 is 0 Å². The van der Waals surface area contributed by atoms with Crippen LogP contribution in [0, 0.1) is 0 Å². The van der Waals surface area contributed by atoms with Gasteiger partial charge in [0, 0.05) is 17.4 Å². The largest absolute Gasteiger partial charge is 0.352 e. The molecule has 0 unspecified atom stereocenters. The lowest BCUT2D eigenvalue weighted by atomic mass is 10.0. The number of hydrogen-bond donors (Lipinski definition) is 1. The third-order valence-corrected chi connectivity index (χ3v) is 4.86. The maximum absolute atomic E-state index is 12.8. The molecule has 3 heterocycles. The summed E-state index contributed by atoms with van der Waals surface area (Å²) in [5.74, 6) is 0.674. The molecule has 112 valence electrons. The SMILES string of the molecule is O=c1c2cccc(Cl)c2nc2n1CCc1c-2[nH]c2ccccc12. The first-order valence-electron chi connectivity index (χ1n) is 7.53. The Labute approximate surface area is 136 Å². The van der Waals surface area contributed by atoms with Crippen molar-refractivity contribution < 1.29 is 0 Å². The molecule has 1 N–H and O–H groups in total. The summed E-state index contributed by atoms with van der Waals surface area (Å²) < 4.78 is 1.75. The zero-order valence-electron chi connectivity index (χ0n) is 12.1. The molecule has 0 bridgehead atoms. The fraction of sp³-hybridized carbons (Fsp3) is 0.111. The summed E-state index contributed by atoms with van der Waals surface area (Å²) in [5, 5.41) is 2.27. The molecule has 0 atom stereocenters. The highest BCUT2D eigenvalue weighted by atomic mass is 35.5. The highest BCUT2D eigenvalue weighted by Crippen LogP contribution is 2.34. The zero-order chi connectivity index (χ0) is 15.6. The number of aromatic nitrogens is 3. The van der Waals surface area contributed by atoms with Gasteiger partial charge in [0.2, 0.25) is 0 Å². The van der Waals surface area contributed by atoms with Gasteiger partial charge in [0.1, 0.15) is 0 Å². The van der Waals surface area contributed by atoms with Crippen molar-refractivity contribution in [3.63, 3.8) is 0 Å². The van der Waals surface area contributed by atoms with Crippen molar-refractivity contribution in [1.82, 2.24) is 14.5 Å². The lowest BCUT2D eigenvalue weighted by Gasteiger charge is -2.19. The van der Waals surface area contributed by atoms with Crippen molar-refractivity contribution in [2.24, 2.45) is 0 Å². The maximum Gasteiger partial charge on any atom is 0.261 e. The molecule has 0 fully saturated rings. The number of hydrogen-bond acceptors (Lipinski definition) is 2. The monoisotopic (exact) mass is 321 g/mol. The predicted molar refractivity (Wildman–Crippen MR) is 92.0 cm³/mol. The number of aromatic amines is 1. The molecule has 5 rings (SSSR count). The van der Waals surface area contributed by atoms with Gasteiger partial charge in [-0.2, -0.15) is 0 Å². The van der Waals surface area contributed by atoms with Crippen molar-refractivity contribution in [2.45, 2.75) is 13.0 Å². The quantitative estimate of drug-likeness (QED) is 0.536. The molecule has 0 spiro atoms. The van der Waals surface area contributed by atoms with Gasteiger partial charge in [-0.15, -0.1) is 0 Å². The maximum atomic E-state index is 12.8. The number of benzene rings is 2. The Hall–Kier alpha value is -2.59. The van der Waals surface area contributed by atoms with Crippen LogP contribution in [0.4, 0.5) is 0 Å². The summed E-state index contributed by atoms with van der Waals surface area (Å²) in [5.41, 5.74) is 3.75. The van der Waals surface area contributed by atoms with Gasteiger partial charge in [-0.25, -0.2) is 4.98 Å². The summed E-state index contributed by atoms with van der Waals surface area (Å²) in [6.45, 7) is 0.637. The van der Waals surface area contributed by atoms with E-state index in [4.69, 9.17) is 16.6 Å². The molecule has 0 radical (unpaired) electrons. The highest BCUT2D eigenvalue weighted by molar-refractivity contribution is 6.35. The normalized spacial score (nSPS) is 13.3.